The monoisotopic (exact) mass is 232 g/mol. The van der Waals surface area contributed by atoms with Gasteiger partial charge in [-0.3, -0.25) is 4.79 Å². The predicted molar refractivity (Wildman–Crippen MR) is 65.1 cm³/mol. The molecule has 0 fully saturated rings. The first-order chi connectivity index (χ1) is 7.70. The van der Waals surface area contributed by atoms with E-state index in [4.69, 9.17) is 4.42 Å². The van der Waals surface area contributed by atoms with Crippen LogP contribution in [0.5, 0.6) is 0 Å². The van der Waals surface area contributed by atoms with Crippen molar-refractivity contribution in [3.05, 3.63) is 53.5 Å². The maximum absolute atomic E-state index is 12.0. The van der Waals surface area contributed by atoms with Crippen LogP contribution in [0.25, 0.3) is 0 Å². The van der Waals surface area contributed by atoms with Crippen molar-refractivity contribution in [2.45, 2.75) is 11.8 Å². The summed E-state index contributed by atoms with van der Waals surface area (Å²) in [4.78, 5) is 13.1. The van der Waals surface area contributed by atoms with Gasteiger partial charge in [-0.25, -0.2) is 0 Å². The van der Waals surface area contributed by atoms with Gasteiger partial charge < -0.3 is 4.42 Å². The summed E-state index contributed by atoms with van der Waals surface area (Å²) >= 11 is 1.65. The highest BCUT2D eigenvalue weighted by molar-refractivity contribution is 7.98. The summed E-state index contributed by atoms with van der Waals surface area (Å²) in [6.45, 7) is 1.83. The molecule has 1 aromatic heterocycles. The number of thioether (sulfide) groups is 1. The van der Waals surface area contributed by atoms with Crippen LogP contribution in [0, 0.1) is 6.92 Å². The van der Waals surface area contributed by atoms with E-state index in [2.05, 4.69) is 0 Å². The van der Waals surface area contributed by atoms with Crippen LogP contribution in [-0.4, -0.2) is 12.0 Å². The molecule has 3 heteroatoms. The molecule has 0 aliphatic carbocycles. The van der Waals surface area contributed by atoms with E-state index in [0.29, 0.717) is 11.3 Å². The third-order valence-electron chi connectivity index (χ3n) is 2.32. The molecule has 0 amide bonds. The number of aryl methyl sites for hydroxylation is 1. The second-order valence-electron chi connectivity index (χ2n) is 3.47. The van der Waals surface area contributed by atoms with Crippen LogP contribution in [0.1, 0.15) is 21.9 Å². The summed E-state index contributed by atoms with van der Waals surface area (Å²) in [7, 11) is 0. The van der Waals surface area contributed by atoms with Crippen molar-refractivity contribution < 1.29 is 9.21 Å². The summed E-state index contributed by atoms with van der Waals surface area (Å²) < 4.78 is 5.30. The SMILES string of the molecule is CSc1ccc(C(=O)c2ccc(C)o2)cc1. The van der Waals surface area contributed by atoms with Crippen LogP contribution < -0.4 is 0 Å². The number of ketones is 1. The van der Waals surface area contributed by atoms with Gasteiger partial charge in [-0.15, -0.1) is 11.8 Å². The molecule has 0 saturated carbocycles. The Morgan fingerprint density at radius 2 is 1.81 bits per heavy atom. The molecule has 0 aliphatic heterocycles. The van der Waals surface area contributed by atoms with Crippen molar-refractivity contribution in [2.24, 2.45) is 0 Å². The fourth-order valence-electron chi connectivity index (χ4n) is 1.44. The first-order valence-corrected chi connectivity index (χ1v) is 6.18. The molecule has 0 unspecified atom stereocenters. The van der Waals surface area contributed by atoms with Gasteiger partial charge in [-0.2, -0.15) is 0 Å². The molecule has 16 heavy (non-hydrogen) atoms. The van der Waals surface area contributed by atoms with E-state index >= 15 is 0 Å². The zero-order valence-corrected chi connectivity index (χ0v) is 10.0. The van der Waals surface area contributed by atoms with Crippen LogP contribution in [-0.2, 0) is 0 Å². The highest BCUT2D eigenvalue weighted by atomic mass is 32.2. The third kappa shape index (κ3) is 2.19. The van der Waals surface area contributed by atoms with Crippen molar-refractivity contribution >= 4 is 17.5 Å². The predicted octanol–water partition coefficient (Wildman–Crippen LogP) is 3.54. The van der Waals surface area contributed by atoms with Crippen molar-refractivity contribution in [1.82, 2.24) is 0 Å². The van der Waals surface area contributed by atoms with Gasteiger partial charge in [0.2, 0.25) is 5.78 Å². The molecule has 2 aromatic rings. The lowest BCUT2D eigenvalue weighted by Gasteiger charge is -1.99. The molecule has 2 rings (SSSR count). The van der Waals surface area contributed by atoms with E-state index < -0.39 is 0 Å². The quantitative estimate of drug-likeness (QED) is 0.599. The van der Waals surface area contributed by atoms with Crippen molar-refractivity contribution in [2.75, 3.05) is 6.26 Å². The molecule has 0 aliphatic rings. The first kappa shape index (κ1) is 11.0. The number of hydrogen-bond donors (Lipinski definition) is 0. The lowest BCUT2D eigenvalue weighted by atomic mass is 10.1. The second-order valence-corrected chi connectivity index (χ2v) is 4.35. The molecule has 0 atom stereocenters. The first-order valence-electron chi connectivity index (χ1n) is 4.96. The normalized spacial score (nSPS) is 10.4. The van der Waals surface area contributed by atoms with Gasteiger partial charge in [-0.05, 0) is 49.6 Å². The van der Waals surface area contributed by atoms with Crippen LogP contribution in [0.15, 0.2) is 45.7 Å². The van der Waals surface area contributed by atoms with Gasteiger partial charge in [0.25, 0.3) is 0 Å². The Morgan fingerprint density at radius 3 is 2.31 bits per heavy atom. The molecule has 2 nitrogen and oxygen atoms in total. The van der Waals surface area contributed by atoms with Gasteiger partial charge in [0.15, 0.2) is 5.76 Å². The second kappa shape index (κ2) is 4.58. The van der Waals surface area contributed by atoms with E-state index in [1.54, 1.807) is 23.9 Å². The molecule has 0 bridgehead atoms. The number of carbonyl (C=O) groups is 1. The standard InChI is InChI=1S/C13H12O2S/c1-9-3-8-12(15-9)13(14)10-4-6-11(16-2)7-5-10/h3-8H,1-2H3. The van der Waals surface area contributed by atoms with E-state index in [1.165, 1.54) is 0 Å². The minimum absolute atomic E-state index is 0.0687. The van der Waals surface area contributed by atoms with E-state index in [1.807, 2.05) is 37.4 Å². The Labute approximate surface area is 98.7 Å². The van der Waals surface area contributed by atoms with E-state index in [9.17, 15) is 4.79 Å². The van der Waals surface area contributed by atoms with Gasteiger partial charge in [0.1, 0.15) is 5.76 Å². The van der Waals surface area contributed by atoms with Gasteiger partial charge >= 0.3 is 0 Å². The summed E-state index contributed by atoms with van der Waals surface area (Å²) in [5.74, 6) is 1.08. The maximum atomic E-state index is 12.0. The minimum Gasteiger partial charge on any atom is -0.458 e. The minimum atomic E-state index is -0.0687. The molecule has 1 aromatic carbocycles. The van der Waals surface area contributed by atoms with Crippen LogP contribution in [0.4, 0.5) is 0 Å². The number of rotatable bonds is 3. The fraction of sp³-hybridized carbons (Fsp3) is 0.154. The van der Waals surface area contributed by atoms with Gasteiger partial charge in [0, 0.05) is 10.5 Å². The zero-order chi connectivity index (χ0) is 11.5. The molecule has 82 valence electrons. The molecule has 0 spiro atoms. The van der Waals surface area contributed by atoms with E-state index in [0.717, 1.165) is 10.7 Å². The molecule has 0 radical (unpaired) electrons. The molecule has 0 N–H and O–H groups in total. The summed E-state index contributed by atoms with van der Waals surface area (Å²) in [6, 6.07) is 11.0. The largest absolute Gasteiger partial charge is 0.458 e. The highest BCUT2D eigenvalue weighted by Crippen LogP contribution is 2.17. The van der Waals surface area contributed by atoms with Crippen LogP contribution in [0.2, 0.25) is 0 Å². The maximum Gasteiger partial charge on any atom is 0.228 e. The number of carbonyl (C=O) groups excluding carboxylic acids is 1. The van der Waals surface area contributed by atoms with Crippen molar-refractivity contribution in [3.63, 3.8) is 0 Å². The number of benzene rings is 1. The van der Waals surface area contributed by atoms with Crippen molar-refractivity contribution in [1.29, 1.82) is 0 Å². The third-order valence-corrected chi connectivity index (χ3v) is 3.06. The topological polar surface area (TPSA) is 30.2 Å². The summed E-state index contributed by atoms with van der Waals surface area (Å²) in [5.41, 5.74) is 0.659. The zero-order valence-electron chi connectivity index (χ0n) is 9.19. The van der Waals surface area contributed by atoms with Crippen LogP contribution >= 0.6 is 11.8 Å². The van der Waals surface area contributed by atoms with E-state index in [-0.39, 0.29) is 5.78 Å². The lowest BCUT2D eigenvalue weighted by Crippen LogP contribution is -1.98. The Hall–Kier alpha value is -1.48. The molecular weight excluding hydrogens is 220 g/mol. The number of hydrogen-bond acceptors (Lipinski definition) is 3. The Morgan fingerprint density at radius 1 is 1.12 bits per heavy atom. The Balaban J connectivity index is 2.27. The smallest absolute Gasteiger partial charge is 0.228 e. The van der Waals surface area contributed by atoms with Gasteiger partial charge in [0.05, 0.1) is 0 Å². The summed E-state index contributed by atoms with van der Waals surface area (Å²) in [5, 5.41) is 0. The average Bonchev–Trinajstić information content (AvgIpc) is 2.75. The van der Waals surface area contributed by atoms with Crippen molar-refractivity contribution in [3.8, 4) is 0 Å². The Kier molecular flexibility index (Phi) is 3.15. The Bertz CT molecular complexity index is 497. The number of furan rings is 1. The van der Waals surface area contributed by atoms with Crippen LogP contribution in [0.3, 0.4) is 0 Å². The summed E-state index contributed by atoms with van der Waals surface area (Å²) in [6.07, 6.45) is 2.01. The fourth-order valence-corrected chi connectivity index (χ4v) is 1.85. The average molecular weight is 232 g/mol. The molecule has 0 saturated heterocycles. The molecular formula is C13H12O2S. The highest BCUT2D eigenvalue weighted by Gasteiger charge is 2.12. The molecule has 1 heterocycles. The van der Waals surface area contributed by atoms with Gasteiger partial charge in [-0.1, -0.05) is 0 Å². The lowest BCUT2D eigenvalue weighted by molar-refractivity contribution is 0.101.